The molecule has 0 radical (unpaired) electrons. The fourth-order valence-electron chi connectivity index (χ4n) is 1.47. The van der Waals surface area contributed by atoms with E-state index in [4.69, 9.17) is 16.3 Å². The van der Waals surface area contributed by atoms with Gasteiger partial charge in [-0.1, -0.05) is 11.6 Å². The summed E-state index contributed by atoms with van der Waals surface area (Å²) in [4.78, 5) is 3.81. The molecule has 102 valence electrons. The molecule has 18 heavy (non-hydrogen) atoms. The minimum Gasteiger partial charge on any atom is -0.382 e. The Labute approximate surface area is 108 Å². The van der Waals surface area contributed by atoms with Gasteiger partial charge in [-0.2, -0.15) is 13.2 Å². The normalized spacial score (nSPS) is 12.6. The van der Waals surface area contributed by atoms with Crippen LogP contribution < -0.4 is 5.32 Å². The number of pyridine rings is 1. The predicted octanol–water partition coefficient (Wildman–Crippen LogP) is 3.59. The Hall–Kier alpha value is -1.01. The van der Waals surface area contributed by atoms with Crippen molar-refractivity contribution in [2.24, 2.45) is 0 Å². The lowest BCUT2D eigenvalue weighted by molar-refractivity contribution is -0.137. The molecule has 0 aliphatic heterocycles. The van der Waals surface area contributed by atoms with E-state index in [-0.39, 0.29) is 11.0 Å². The first-order chi connectivity index (χ1) is 8.14. The van der Waals surface area contributed by atoms with Gasteiger partial charge in [0.25, 0.3) is 0 Å². The van der Waals surface area contributed by atoms with E-state index in [0.717, 1.165) is 12.1 Å². The zero-order valence-corrected chi connectivity index (χ0v) is 11.0. The van der Waals surface area contributed by atoms with Crippen LogP contribution in [0.3, 0.4) is 0 Å². The summed E-state index contributed by atoms with van der Waals surface area (Å²) in [6, 6.07) is 1.71. The Morgan fingerprint density at radius 3 is 2.44 bits per heavy atom. The van der Waals surface area contributed by atoms with Gasteiger partial charge in [-0.3, -0.25) is 0 Å². The third-order valence-electron chi connectivity index (χ3n) is 2.09. The molecule has 0 aliphatic carbocycles. The third kappa shape index (κ3) is 4.34. The molecule has 0 unspecified atom stereocenters. The predicted molar refractivity (Wildman–Crippen MR) is 63.8 cm³/mol. The van der Waals surface area contributed by atoms with Crippen LogP contribution >= 0.6 is 11.6 Å². The lowest BCUT2D eigenvalue weighted by atomic mass is 10.1. The summed E-state index contributed by atoms with van der Waals surface area (Å²) in [5.74, 6) is 0.0666. The average Bonchev–Trinajstić information content (AvgIpc) is 2.13. The van der Waals surface area contributed by atoms with Crippen LogP contribution in [0.25, 0.3) is 0 Å². The van der Waals surface area contributed by atoms with Crippen LogP contribution in [-0.4, -0.2) is 24.2 Å². The van der Waals surface area contributed by atoms with Gasteiger partial charge in [-0.05, 0) is 26.0 Å². The van der Waals surface area contributed by atoms with Crippen molar-refractivity contribution in [2.75, 3.05) is 19.0 Å². The first-order valence-electron chi connectivity index (χ1n) is 5.16. The van der Waals surface area contributed by atoms with E-state index in [9.17, 15) is 13.2 Å². The number of nitrogens with one attached hydrogen (secondary N) is 1. The van der Waals surface area contributed by atoms with Crippen LogP contribution in [0.1, 0.15) is 19.4 Å². The molecule has 7 heteroatoms. The SMILES string of the molecule is COCC(C)(C)Nc1cc(C(F)(F)F)cc(Cl)n1. The number of rotatable bonds is 4. The number of nitrogens with zero attached hydrogens (tertiary/aromatic N) is 1. The third-order valence-corrected chi connectivity index (χ3v) is 2.29. The number of hydrogen-bond acceptors (Lipinski definition) is 3. The van der Waals surface area contributed by atoms with Crippen molar-refractivity contribution in [1.29, 1.82) is 0 Å². The quantitative estimate of drug-likeness (QED) is 0.857. The number of hydrogen-bond donors (Lipinski definition) is 1. The Morgan fingerprint density at radius 1 is 1.33 bits per heavy atom. The van der Waals surface area contributed by atoms with Crippen molar-refractivity contribution in [3.63, 3.8) is 0 Å². The molecule has 0 fully saturated rings. The molecule has 1 heterocycles. The van der Waals surface area contributed by atoms with Crippen molar-refractivity contribution in [2.45, 2.75) is 25.6 Å². The molecule has 1 aromatic heterocycles. The summed E-state index contributed by atoms with van der Waals surface area (Å²) < 4.78 is 42.7. The molecule has 1 N–H and O–H groups in total. The molecule has 0 spiro atoms. The van der Waals surface area contributed by atoms with Gasteiger partial charge in [0.1, 0.15) is 11.0 Å². The van der Waals surface area contributed by atoms with Gasteiger partial charge >= 0.3 is 6.18 Å². The number of aromatic nitrogens is 1. The number of halogens is 4. The standard InChI is InChI=1S/C11H14ClF3N2O/c1-10(2,6-18-3)17-9-5-7(11(13,14)15)4-8(12)16-9/h4-5H,6H2,1-3H3,(H,16,17). The Kier molecular flexibility index (Phi) is 4.45. The van der Waals surface area contributed by atoms with Gasteiger partial charge in [0.15, 0.2) is 0 Å². The van der Waals surface area contributed by atoms with Crippen molar-refractivity contribution < 1.29 is 17.9 Å². The van der Waals surface area contributed by atoms with Crippen molar-refractivity contribution in [3.05, 3.63) is 22.8 Å². The van der Waals surface area contributed by atoms with E-state index in [1.54, 1.807) is 13.8 Å². The minimum atomic E-state index is -4.45. The van der Waals surface area contributed by atoms with Crippen LogP contribution in [0.15, 0.2) is 12.1 Å². The summed E-state index contributed by atoms with van der Waals surface area (Å²) in [7, 11) is 1.51. The van der Waals surface area contributed by atoms with Gasteiger partial charge in [0.2, 0.25) is 0 Å². The highest BCUT2D eigenvalue weighted by Gasteiger charge is 2.32. The monoisotopic (exact) mass is 282 g/mol. The number of ether oxygens (including phenoxy) is 1. The maximum absolute atomic E-state index is 12.6. The summed E-state index contributed by atoms with van der Waals surface area (Å²) in [5.41, 5.74) is -1.38. The van der Waals surface area contributed by atoms with E-state index in [1.807, 2.05) is 0 Å². The highest BCUT2D eigenvalue weighted by atomic mass is 35.5. The number of anilines is 1. The molecule has 0 aliphatic rings. The van der Waals surface area contributed by atoms with E-state index in [1.165, 1.54) is 7.11 Å². The van der Waals surface area contributed by atoms with Crippen LogP contribution in [0.2, 0.25) is 5.15 Å². The highest BCUT2D eigenvalue weighted by Crippen LogP contribution is 2.32. The molecule has 3 nitrogen and oxygen atoms in total. The molecule has 1 rings (SSSR count). The molecule has 0 saturated carbocycles. The summed E-state index contributed by atoms with van der Waals surface area (Å²) in [6.45, 7) is 3.89. The first-order valence-corrected chi connectivity index (χ1v) is 5.54. The fourth-order valence-corrected chi connectivity index (χ4v) is 1.68. The van der Waals surface area contributed by atoms with Crippen LogP contribution in [0.5, 0.6) is 0 Å². The van der Waals surface area contributed by atoms with E-state index in [0.29, 0.717) is 6.61 Å². The van der Waals surface area contributed by atoms with Crippen LogP contribution in [0.4, 0.5) is 19.0 Å². The second-order valence-corrected chi connectivity index (χ2v) is 4.89. The average molecular weight is 283 g/mol. The smallest absolute Gasteiger partial charge is 0.382 e. The summed E-state index contributed by atoms with van der Waals surface area (Å²) >= 11 is 5.58. The van der Waals surface area contributed by atoms with Gasteiger partial charge in [-0.25, -0.2) is 4.98 Å². The largest absolute Gasteiger partial charge is 0.416 e. The lowest BCUT2D eigenvalue weighted by Gasteiger charge is -2.26. The zero-order chi connectivity index (χ0) is 14.0. The lowest BCUT2D eigenvalue weighted by Crippen LogP contribution is -2.36. The molecule has 0 aromatic carbocycles. The Balaban J connectivity index is 3.00. The van der Waals surface area contributed by atoms with Crippen molar-refractivity contribution in [3.8, 4) is 0 Å². The zero-order valence-electron chi connectivity index (χ0n) is 10.2. The summed E-state index contributed by atoms with van der Waals surface area (Å²) in [6.07, 6.45) is -4.45. The number of alkyl halides is 3. The molecule has 0 amide bonds. The molecular formula is C11H14ClF3N2O. The van der Waals surface area contributed by atoms with Gasteiger partial charge < -0.3 is 10.1 Å². The second-order valence-electron chi connectivity index (χ2n) is 4.50. The van der Waals surface area contributed by atoms with E-state index < -0.39 is 17.3 Å². The Bertz CT molecular complexity index is 421. The van der Waals surface area contributed by atoms with Crippen LogP contribution in [-0.2, 0) is 10.9 Å². The fraction of sp³-hybridized carbons (Fsp3) is 0.545. The molecular weight excluding hydrogens is 269 g/mol. The van der Waals surface area contributed by atoms with Gasteiger partial charge in [0.05, 0.1) is 17.7 Å². The number of methoxy groups -OCH3 is 1. The van der Waals surface area contributed by atoms with Crippen molar-refractivity contribution >= 4 is 17.4 Å². The summed E-state index contributed by atoms with van der Waals surface area (Å²) in [5, 5.41) is 2.64. The van der Waals surface area contributed by atoms with E-state index >= 15 is 0 Å². The van der Waals surface area contributed by atoms with Gasteiger partial charge in [0, 0.05) is 7.11 Å². The Morgan fingerprint density at radius 2 is 1.94 bits per heavy atom. The minimum absolute atomic E-state index is 0.0666. The highest BCUT2D eigenvalue weighted by molar-refractivity contribution is 6.29. The van der Waals surface area contributed by atoms with Crippen molar-refractivity contribution in [1.82, 2.24) is 4.98 Å². The molecule has 0 atom stereocenters. The topological polar surface area (TPSA) is 34.1 Å². The maximum atomic E-state index is 12.6. The first kappa shape index (κ1) is 15.0. The molecule has 0 saturated heterocycles. The van der Waals surface area contributed by atoms with Crippen LogP contribution in [0, 0.1) is 0 Å². The van der Waals surface area contributed by atoms with Gasteiger partial charge in [-0.15, -0.1) is 0 Å². The second kappa shape index (κ2) is 5.32. The maximum Gasteiger partial charge on any atom is 0.416 e. The van der Waals surface area contributed by atoms with E-state index in [2.05, 4.69) is 10.3 Å². The molecule has 1 aromatic rings. The molecule has 0 bridgehead atoms.